The van der Waals surface area contributed by atoms with Crippen LogP contribution in [0.1, 0.15) is 123 Å². The third kappa shape index (κ3) is 23.4. The van der Waals surface area contributed by atoms with Crippen molar-refractivity contribution in [1.82, 2.24) is 0 Å². The average molecular weight is 538 g/mol. The number of hydrogen-bond donors (Lipinski definition) is 2. The lowest BCUT2D eigenvalue weighted by atomic mass is 10.1. The molecule has 0 bridgehead atoms. The maximum Gasteiger partial charge on any atom is 0.472 e. The Hall–Kier alpha value is -0.990. The number of rotatable bonds is 26. The Balaban J connectivity index is 4.30. The van der Waals surface area contributed by atoms with Gasteiger partial charge in [0.05, 0.1) is 13.2 Å². The van der Waals surface area contributed by atoms with Gasteiger partial charge >= 0.3 is 19.8 Å². The highest BCUT2D eigenvalue weighted by molar-refractivity contribution is 7.47. The van der Waals surface area contributed by atoms with Gasteiger partial charge < -0.3 is 20.1 Å². The van der Waals surface area contributed by atoms with Crippen LogP contribution in [0.15, 0.2) is 0 Å². The summed E-state index contributed by atoms with van der Waals surface area (Å²) in [5.74, 6) is -0.849. The molecule has 0 radical (unpaired) electrons. The molecule has 0 amide bonds. The number of phosphoric acid groups is 1. The lowest BCUT2D eigenvalue weighted by molar-refractivity contribution is -0.161. The molecule has 0 aromatic rings. The van der Waals surface area contributed by atoms with Crippen LogP contribution in [0.4, 0.5) is 0 Å². The summed E-state index contributed by atoms with van der Waals surface area (Å²) in [6.45, 7) is 3.55. The Kier molecular flexibility index (Phi) is 23.7. The fourth-order valence-corrected chi connectivity index (χ4v) is 4.40. The maximum absolute atomic E-state index is 12.3. The van der Waals surface area contributed by atoms with Crippen LogP contribution in [0.3, 0.4) is 0 Å². The lowest BCUT2D eigenvalue weighted by Gasteiger charge is -2.19. The van der Waals surface area contributed by atoms with Gasteiger partial charge in [0, 0.05) is 19.4 Å². The Morgan fingerprint density at radius 3 is 1.72 bits per heavy atom. The molecule has 36 heavy (non-hydrogen) atoms. The number of ether oxygens (including phenoxy) is 2. The first-order chi connectivity index (χ1) is 17.3. The van der Waals surface area contributed by atoms with Gasteiger partial charge in [-0.3, -0.25) is 18.6 Å². The molecule has 0 aliphatic carbocycles. The van der Waals surface area contributed by atoms with E-state index in [0.717, 1.165) is 38.5 Å². The summed E-state index contributed by atoms with van der Waals surface area (Å²) in [4.78, 5) is 34.0. The summed E-state index contributed by atoms with van der Waals surface area (Å²) in [6, 6.07) is 0. The quantitative estimate of drug-likeness (QED) is 0.0750. The molecule has 2 unspecified atom stereocenters. The Morgan fingerprint density at radius 1 is 0.722 bits per heavy atom. The van der Waals surface area contributed by atoms with Crippen molar-refractivity contribution in [1.29, 1.82) is 0 Å². The van der Waals surface area contributed by atoms with Crippen LogP contribution in [-0.2, 0) is 32.7 Å². The predicted octanol–water partition coefficient (Wildman–Crippen LogP) is 6.21. The van der Waals surface area contributed by atoms with Gasteiger partial charge in [-0.15, -0.1) is 0 Å². The van der Waals surface area contributed by atoms with Crippen LogP contribution < -0.4 is 5.73 Å². The molecule has 2 atom stereocenters. The molecule has 9 nitrogen and oxygen atoms in total. The third-order valence-corrected chi connectivity index (χ3v) is 6.73. The molecular formula is C26H52NO8P. The topological polar surface area (TPSA) is 134 Å². The van der Waals surface area contributed by atoms with Crippen molar-refractivity contribution in [2.24, 2.45) is 5.73 Å². The van der Waals surface area contributed by atoms with Gasteiger partial charge in [0.2, 0.25) is 0 Å². The van der Waals surface area contributed by atoms with E-state index in [1.165, 1.54) is 51.4 Å². The zero-order valence-corrected chi connectivity index (χ0v) is 23.7. The average Bonchev–Trinajstić information content (AvgIpc) is 2.85. The van der Waals surface area contributed by atoms with Crippen molar-refractivity contribution in [3.05, 3.63) is 0 Å². The fraction of sp³-hybridized carbons (Fsp3) is 0.923. The molecule has 10 heteroatoms. The molecule has 0 fully saturated rings. The summed E-state index contributed by atoms with van der Waals surface area (Å²) < 4.78 is 32.1. The van der Waals surface area contributed by atoms with Crippen molar-refractivity contribution in [2.45, 2.75) is 129 Å². The van der Waals surface area contributed by atoms with Gasteiger partial charge in [0.25, 0.3) is 0 Å². The van der Waals surface area contributed by atoms with Crippen molar-refractivity contribution in [2.75, 3.05) is 26.4 Å². The standard InChI is InChI=1S/C26H52NO8P/c1-3-5-7-9-10-11-12-13-14-15-17-19-26(29)35-24(23-34-36(30,31)33-21-20-27)22-32-25(28)18-16-8-6-4-2/h24H,3-23,27H2,1-2H3,(H,30,31). The molecule has 214 valence electrons. The van der Waals surface area contributed by atoms with Gasteiger partial charge in [0.15, 0.2) is 6.10 Å². The van der Waals surface area contributed by atoms with Gasteiger partial charge in [-0.05, 0) is 12.8 Å². The smallest absolute Gasteiger partial charge is 0.462 e. The number of hydrogen-bond acceptors (Lipinski definition) is 8. The maximum atomic E-state index is 12.3. The second-order valence-electron chi connectivity index (χ2n) is 9.28. The van der Waals surface area contributed by atoms with Crippen LogP contribution in [0, 0.1) is 0 Å². The normalized spacial score (nSPS) is 13.8. The van der Waals surface area contributed by atoms with E-state index in [0.29, 0.717) is 6.42 Å². The van der Waals surface area contributed by atoms with Crippen LogP contribution >= 0.6 is 7.82 Å². The molecule has 0 aliphatic rings. The monoisotopic (exact) mass is 537 g/mol. The first kappa shape index (κ1) is 35.0. The van der Waals surface area contributed by atoms with E-state index < -0.39 is 32.5 Å². The summed E-state index contributed by atoms with van der Waals surface area (Å²) in [5.41, 5.74) is 5.27. The minimum atomic E-state index is -4.34. The second kappa shape index (κ2) is 24.4. The minimum Gasteiger partial charge on any atom is -0.462 e. The van der Waals surface area contributed by atoms with Gasteiger partial charge in [-0.25, -0.2) is 4.57 Å². The molecule has 3 N–H and O–H groups in total. The molecule has 0 aromatic carbocycles. The van der Waals surface area contributed by atoms with E-state index in [-0.39, 0.29) is 32.6 Å². The molecule has 0 saturated heterocycles. The van der Waals surface area contributed by atoms with Crippen molar-refractivity contribution in [3.8, 4) is 0 Å². The van der Waals surface area contributed by atoms with Gasteiger partial charge in [-0.2, -0.15) is 0 Å². The number of nitrogens with two attached hydrogens (primary N) is 1. The number of carbonyl (C=O) groups excluding carboxylic acids is 2. The summed E-state index contributed by atoms with van der Waals surface area (Å²) in [6.07, 6.45) is 16.3. The number of carbonyl (C=O) groups is 2. The molecule has 0 saturated carbocycles. The number of phosphoric ester groups is 1. The van der Waals surface area contributed by atoms with Crippen LogP contribution in [0.25, 0.3) is 0 Å². The highest BCUT2D eigenvalue weighted by atomic mass is 31.2. The molecule has 0 aromatic heterocycles. The molecule has 0 heterocycles. The molecule has 0 aliphatic heterocycles. The highest BCUT2D eigenvalue weighted by Gasteiger charge is 2.25. The van der Waals surface area contributed by atoms with E-state index in [9.17, 15) is 19.0 Å². The third-order valence-electron chi connectivity index (χ3n) is 5.74. The fourth-order valence-electron chi connectivity index (χ4n) is 3.63. The van der Waals surface area contributed by atoms with Crippen molar-refractivity contribution >= 4 is 19.8 Å². The van der Waals surface area contributed by atoms with Gasteiger partial charge in [-0.1, -0.05) is 97.3 Å². The largest absolute Gasteiger partial charge is 0.472 e. The number of unbranched alkanes of at least 4 members (excludes halogenated alkanes) is 13. The van der Waals surface area contributed by atoms with Crippen LogP contribution in [-0.4, -0.2) is 49.3 Å². The second-order valence-corrected chi connectivity index (χ2v) is 10.7. The van der Waals surface area contributed by atoms with Crippen molar-refractivity contribution < 1.29 is 37.6 Å². The Bertz CT molecular complexity index is 590. The van der Waals surface area contributed by atoms with Crippen LogP contribution in [0.5, 0.6) is 0 Å². The molecule has 0 rings (SSSR count). The van der Waals surface area contributed by atoms with E-state index in [1.807, 2.05) is 0 Å². The first-order valence-corrected chi connectivity index (χ1v) is 15.5. The zero-order chi connectivity index (χ0) is 26.9. The van der Waals surface area contributed by atoms with E-state index >= 15 is 0 Å². The van der Waals surface area contributed by atoms with Gasteiger partial charge in [0.1, 0.15) is 6.61 Å². The predicted molar refractivity (Wildman–Crippen MR) is 141 cm³/mol. The Labute approximate surface area is 218 Å². The molecule has 0 spiro atoms. The Morgan fingerprint density at radius 2 is 1.19 bits per heavy atom. The highest BCUT2D eigenvalue weighted by Crippen LogP contribution is 2.43. The summed E-state index contributed by atoms with van der Waals surface area (Å²) >= 11 is 0. The first-order valence-electron chi connectivity index (χ1n) is 14.0. The van der Waals surface area contributed by atoms with Crippen molar-refractivity contribution in [3.63, 3.8) is 0 Å². The van der Waals surface area contributed by atoms with E-state index in [1.54, 1.807) is 0 Å². The van der Waals surface area contributed by atoms with E-state index in [4.69, 9.17) is 24.3 Å². The van der Waals surface area contributed by atoms with Crippen LogP contribution in [0.2, 0.25) is 0 Å². The van der Waals surface area contributed by atoms with E-state index in [2.05, 4.69) is 13.8 Å². The SMILES string of the molecule is CCCCCCCCCCCCCC(=O)OC(COC(=O)CCCCCC)COP(=O)(O)OCCN. The number of esters is 2. The molecular weight excluding hydrogens is 485 g/mol. The zero-order valence-electron chi connectivity index (χ0n) is 22.8. The summed E-state index contributed by atoms with van der Waals surface area (Å²) in [5, 5.41) is 0. The lowest BCUT2D eigenvalue weighted by Crippen LogP contribution is -2.29. The minimum absolute atomic E-state index is 0.0565. The summed E-state index contributed by atoms with van der Waals surface area (Å²) in [7, 11) is -4.34.